The number of amides is 1. The number of fused-ring (bicyclic) bond motifs is 1. The Kier molecular flexibility index (Phi) is 8.26. The first-order chi connectivity index (χ1) is 17.6. The van der Waals surface area contributed by atoms with Crippen molar-refractivity contribution < 1.29 is 19.0 Å². The Balaban J connectivity index is 1.57. The predicted molar refractivity (Wildman–Crippen MR) is 144 cm³/mol. The number of benzene rings is 2. The molecule has 3 N–H and O–H groups in total. The van der Waals surface area contributed by atoms with Gasteiger partial charge in [-0.05, 0) is 63.9 Å². The molecule has 0 spiro atoms. The summed E-state index contributed by atoms with van der Waals surface area (Å²) >= 11 is 5.93. The standard InChI is InChI=1S/C27H31ClFN5O3/c1-27(2,36)15-34(3)10-4-5-25(35)33-23-12-19-22(13-24(23)37-14-17-6-7-17)30-16-31-26(19)32-18-8-9-21(29)20(28)11-18/h4-5,8-9,11-13,16-17,36H,6-7,10,14-15H2,1-3H3,(H,33,35)(H,30,31,32). The van der Waals surface area contributed by atoms with Crippen molar-refractivity contribution >= 4 is 45.6 Å². The number of aliphatic hydroxyl groups is 1. The molecule has 0 saturated heterocycles. The Bertz CT molecular complexity index is 1310. The van der Waals surface area contributed by atoms with Gasteiger partial charge in [0, 0.05) is 36.3 Å². The van der Waals surface area contributed by atoms with Gasteiger partial charge in [-0.15, -0.1) is 0 Å². The number of ether oxygens (including phenoxy) is 1. The molecule has 0 bridgehead atoms. The first-order valence-electron chi connectivity index (χ1n) is 12.1. The van der Waals surface area contributed by atoms with Crippen LogP contribution in [0.3, 0.4) is 0 Å². The summed E-state index contributed by atoms with van der Waals surface area (Å²) in [4.78, 5) is 23.4. The largest absolute Gasteiger partial charge is 0.491 e. The van der Waals surface area contributed by atoms with Gasteiger partial charge >= 0.3 is 0 Å². The Labute approximate surface area is 220 Å². The minimum Gasteiger partial charge on any atom is -0.491 e. The van der Waals surface area contributed by atoms with Gasteiger partial charge in [-0.25, -0.2) is 14.4 Å². The Morgan fingerprint density at radius 1 is 1.30 bits per heavy atom. The highest BCUT2D eigenvalue weighted by atomic mass is 35.5. The fraction of sp³-hybridized carbons (Fsp3) is 0.370. The first kappa shape index (κ1) is 26.8. The van der Waals surface area contributed by atoms with Crippen LogP contribution in [0.15, 0.2) is 48.8 Å². The molecule has 1 amide bonds. The molecule has 37 heavy (non-hydrogen) atoms. The third-order valence-corrected chi connectivity index (χ3v) is 5.98. The maximum Gasteiger partial charge on any atom is 0.248 e. The molecule has 4 rings (SSSR count). The molecule has 3 aromatic rings. The summed E-state index contributed by atoms with van der Waals surface area (Å²) in [5.41, 5.74) is 0.849. The maximum absolute atomic E-state index is 13.6. The smallest absolute Gasteiger partial charge is 0.248 e. The van der Waals surface area contributed by atoms with Crippen molar-refractivity contribution in [2.45, 2.75) is 32.3 Å². The molecule has 0 atom stereocenters. The highest BCUT2D eigenvalue weighted by Crippen LogP contribution is 2.36. The lowest BCUT2D eigenvalue weighted by Crippen LogP contribution is -2.36. The van der Waals surface area contributed by atoms with Gasteiger partial charge in [0.2, 0.25) is 5.91 Å². The number of rotatable bonds is 11. The quantitative estimate of drug-likeness (QED) is 0.296. The number of halogens is 2. The number of aromatic nitrogens is 2. The van der Waals surface area contributed by atoms with Crippen molar-refractivity contribution in [3.63, 3.8) is 0 Å². The molecule has 1 aliphatic carbocycles. The van der Waals surface area contributed by atoms with Gasteiger partial charge in [-0.1, -0.05) is 17.7 Å². The van der Waals surface area contributed by atoms with E-state index in [-0.39, 0.29) is 10.9 Å². The normalized spacial score (nSPS) is 13.9. The second-order valence-corrected chi connectivity index (χ2v) is 10.4. The zero-order valence-corrected chi connectivity index (χ0v) is 21.8. The van der Waals surface area contributed by atoms with Crippen molar-refractivity contribution in [2.75, 3.05) is 37.4 Å². The lowest BCUT2D eigenvalue weighted by molar-refractivity contribution is -0.111. The molecule has 1 fully saturated rings. The fourth-order valence-electron chi connectivity index (χ4n) is 3.84. The first-order valence-corrected chi connectivity index (χ1v) is 12.5. The molecular formula is C27H31ClFN5O3. The second kappa shape index (κ2) is 11.4. The van der Waals surface area contributed by atoms with Crippen molar-refractivity contribution in [3.8, 4) is 5.75 Å². The van der Waals surface area contributed by atoms with Crippen molar-refractivity contribution in [3.05, 3.63) is 59.7 Å². The Hall–Kier alpha value is -3.27. The number of likely N-dealkylation sites (N-methyl/N-ethyl adjacent to an activating group) is 1. The number of hydrogen-bond acceptors (Lipinski definition) is 7. The topological polar surface area (TPSA) is 99.6 Å². The average molecular weight is 528 g/mol. The molecule has 1 saturated carbocycles. The molecule has 1 aromatic heterocycles. The van der Waals surface area contributed by atoms with E-state index in [1.165, 1.54) is 24.5 Å². The lowest BCUT2D eigenvalue weighted by atomic mass is 10.1. The van der Waals surface area contributed by atoms with E-state index in [0.717, 1.165) is 12.8 Å². The van der Waals surface area contributed by atoms with E-state index in [1.54, 1.807) is 38.1 Å². The van der Waals surface area contributed by atoms with E-state index in [1.807, 2.05) is 11.9 Å². The number of carbonyl (C=O) groups excluding carboxylic acids is 1. The van der Waals surface area contributed by atoms with Crippen LogP contribution in [-0.2, 0) is 4.79 Å². The minimum atomic E-state index is -0.823. The van der Waals surface area contributed by atoms with Gasteiger partial charge in [0.15, 0.2) is 0 Å². The molecule has 0 unspecified atom stereocenters. The van der Waals surface area contributed by atoms with Crippen LogP contribution in [0.5, 0.6) is 5.75 Å². The summed E-state index contributed by atoms with van der Waals surface area (Å²) in [6, 6.07) is 7.84. The molecule has 8 nitrogen and oxygen atoms in total. The zero-order chi connectivity index (χ0) is 26.6. The Morgan fingerprint density at radius 2 is 2.08 bits per heavy atom. The summed E-state index contributed by atoms with van der Waals surface area (Å²) in [6.45, 7) is 5.01. The van der Waals surface area contributed by atoms with Gasteiger partial charge in [-0.2, -0.15) is 0 Å². The van der Waals surface area contributed by atoms with Crippen molar-refractivity contribution in [1.82, 2.24) is 14.9 Å². The minimum absolute atomic E-state index is 0.00735. The van der Waals surface area contributed by atoms with Gasteiger partial charge in [-0.3, -0.25) is 9.69 Å². The van der Waals surface area contributed by atoms with Crippen LogP contribution >= 0.6 is 11.6 Å². The predicted octanol–water partition coefficient (Wildman–Crippen LogP) is 5.15. The highest BCUT2D eigenvalue weighted by Gasteiger charge is 2.23. The van der Waals surface area contributed by atoms with Crippen LogP contribution in [0.2, 0.25) is 5.02 Å². The molecule has 0 radical (unpaired) electrons. The van der Waals surface area contributed by atoms with Crippen LogP contribution in [0.1, 0.15) is 26.7 Å². The highest BCUT2D eigenvalue weighted by molar-refractivity contribution is 6.31. The lowest BCUT2D eigenvalue weighted by Gasteiger charge is -2.24. The number of carbonyl (C=O) groups is 1. The van der Waals surface area contributed by atoms with E-state index in [4.69, 9.17) is 16.3 Å². The summed E-state index contributed by atoms with van der Waals surface area (Å²) in [5.74, 6) is 0.692. The Morgan fingerprint density at radius 3 is 2.78 bits per heavy atom. The van der Waals surface area contributed by atoms with Crippen molar-refractivity contribution in [2.24, 2.45) is 5.92 Å². The number of nitrogens with zero attached hydrogens (tertiary/aromatic N) is 3. The molecule has 1 aliphatic rings. The van der Waals surface area contributed by atoms with Crippen LogP contribution < -0.4 is 15.4 Å². The molecule has 2 aromatic carbocycles. The zero-order valence-electron chi connectivity index (χ0n) is 21.1. The van der Waals surface area contributed by atoms with Crippen molar-refractivity contribution in [1.29, 1.82) is 0 Å². The van der Waals surface area contributed by atoms with E-state index in [9.17, 15) is 14.3 Å². The molecule has 196 valence electrons. The van der Waals surface area contributed by atoms with Gasteiger partial charge in [0.1, 0.15) is 23.7 Å². The molecule has 0 aliphatic heterocycles. The van der Waals surface area contributed by atoms with Crippen LogP contribution in [0.4, 0.5) is 21.6 Å². The SMILES string of the molecule is CN(CC=CC(=O)Nc1cc2c(Nc3ccc(F)c(Cl)c3)ncnc2cc1OCC1CC1)CC(C)(C)O. The molecular weight excluding hydrogens is 497 g/mol. The van der Waals surface area contributed by atoms with E-state index in [2.05, 4.69) is 20.6 Å². The summed E-state index contributed by atoms with van der Waals surface area (Å²) in [5, 5.41) is 16.6. The van der Waals surface area contributed by atoms with Gasteiger partial charge < -0.3 is 20.5 Å². The summed E-state index contributed by atoms with van der Waals surface area (Å²) in [7, 11) is 1.87. The van der Waals surface area contributed by atoms with Gasteiger partial charge in [0.25, 0.3) is 0 Å². The summed E-state index contributed by atoms with van der Waals surface area (Å²) in [6.07, 6.45) is 6.88. The van der Waals surface area contributed by atoms with Crippen LogP contribution in [0, 0.1) is 11.7 Å². The monoisotopic (exact) mass is 527 g/mol. The number of anilines is 3. The average Bonchev–Trinajstić information content (AvgIpc) is 3.64. The molecule has 1 heterocycles. The second-order valence-electron chi connectivity index (χ2n) is 10.00. The number of nitrogens with one attached hydrogen (secondary N) is 2. The summed E-state index contributed by atoms with van der Waals surface area (Å²) < 4.78 is 19.6. The van der Waals surface area contributed by atoms with E-state index < -0.39 is 11.4 Å². The number of hydrogen-bond donors (Lipinski definition) is 3. The van der Waals surface area contributed by atoms with E-state index >= 15 is 0 Å². The van der Waals surface area contributed by atoms with Crippen LogP contribution in [-0.4, -0.2) is 58.2 Å². The molecule has 10 heteroatoms. The van der Waals surface area contributed by atoms with Crippen LogP contribution in [0.25, 0.3) is 10.9 Å². The van der Waals surface area contributed by atoms with Gasteiger partial charge in [0.05, 0.1) is 28.4 Å². The third-order valence-electron chi connectivity index (χ3n) is 5.69. The van der Waals surface area contributed by atoms with E-state index in [0.29, 0.717) is 59.5 Å². The maximum atomic E-state index is 13.6. The third kappa shape index (κ3) is 7.85. The fourth-order valence-corrected chi connectivity index (χ4v) is 4.02.